The average Bonchev–Trinajstić information content (AvgIpc) is 2.77. The lowest BCUT2D eigenvalue weighted by atomic mass is 10.0. The van der Waals surface area contributed by atoms with E-state index in [1.54, 1.807) is 18.2 Å². The van der Waals surface area contributed by atoms with Crippen molar-refractivity contribution in [3.05, 3.63) is 58.2 Å². The zero-order valence-electron chi connectivity index (χ0n) is 9.74. The number of nitriles is 1. The maximum atomic E-state index is 9.26. The third-order valence-corrected chi connectivity index (χ3v) is 3.49. The van der Waals surface area contributed by atoms with Crippen molar-refractivity contribution in [3.8, 4) is 17.2 Å². The van der Waals surface area contributed by atoms with Crippen LogP contribution in [-0.2, 0) is 0 Å². The summed E-state index contributed by atoms with van der Waals surface area (Å²) in [6.45, 7) is 0. The number of nitrogens with one attached hydrogen (secondary N) is 1. The number of aromatic amines is 1. The van der Waals surface area contributed by atoms with Crippen LogP contribution in [0.4, 0.5) is 0 Å². The lowest BCUT2D eigenvalue weighted by Gasteiger charge is -2.01. The van der Waals surface area contributed by atoms with Crippen LogP contribution >= 0.6 is 23.2 Å². The van der Waals surface area contributed by atoms with E-state index in [2.05, 4.69) is 11.1 Å². The minimum Gasteiger partial charge on any atom is -0.346 e. The second-order valence-corrected chi connectivity index (χ2v) is 5.06. The Morgan fingerprint density at radius 3 is 2.32 bits per heavy atom. The molecule has 0 saturated carbocycles. The highest BCUT2D eigenvalue weighted by molar-refractivity contribution is 6.31. The fourth-order valence-electron chi connectivity index (χ4n) is 2.16. The van der Waals surface area contributed by atoms with Crippen LogP contribution in [0.1, 0.15) is 5.69 Å². The van der Waals surface area contributed by atoms with Gasteiger partial charge in [0, 0.05) is 26.5 Å². The fourth-order valence-corrected chi connectivity index (χ4v) is 2.46. The quantitative estimate of drug-likeness (QED) is 0.671. The molecule has 3 aromatic rings. The Labute approximate surface area is 120 Å². The molecular formula is C15H8Cl2N2. The summed E-state index contributed by atoms with van der Waals surface area (Å²) < 4.78 is 0. The monoisotopic (exact) mass is 286 g/mol. The van der Waals surface area contributed by atoms with Gasteiger partial charge in [-0.1, -0.05) is 35.3 Å². The molecule has 0 aliphatic rings. The Balaban J connectivity index is 2.35. The number of rotatable bonds is 1. The van der Waals surface area contributed by atoms with E-state index in [-0.39, 0.29) is 0 Å². The zero-order chi connectivity index (χ0) is 13.4. The lowest BCUT2D eigenvalue weighted by molar-refractivity contribution is 1.37. The van der Waals surface area contributed by atoms with Gasteiger partial charge >= 0.3 is 0 Å². The van der Waals surface area contributed by atoms with Crippen molar-refractivity contribution >= 4 is 34.1 Å². The molecule has 1 N–H and O–H groups in total. The van der Waals surface area contributed by atoms with Crippen molar-refractivity contribution in [2.75, 3.05) is 0 Å². The molecule has 4 heteroatoms. The van der Waals surface area contributed by atoms with E-state index >= 15 is 0 Å². The number of H-pyrrole nitrogens is 1. The Bertz CT molecular complexity index is 795. The Hall–Kier alpha value is -1.95. The average molecular weight is 287 g/mol. The molecule has 0 bridgehead atoms. The fraction of sp³-hybridized carbons (Fsp3) is 0. The van der Waals surface area contributed by atoms with Crippen molar-refractivity contribution in [1.82, 2.24) is 4.98 Å². The molecule has 0 fully saturated rings. The van der Waals surface area contributed by atoms with Crippen molar-refractivity contribution in [3.63, 3.8) is 0 Å². The van der Waals surface area contributed by atoms with E-state index in [4.69, 9.17) is 23.2 Å². The van der Waals surface area contributed by atoms with Crippen LogP contribution in [0.5, 0.6) is 0 Å². The summed E-state index contributed by atoms with van der Waals surface area (Å²) in [6, 6.07) is 15.1. The van der Waals surface area contributed by atoms with E-state index in [1.165, 1.54) is 0 Å². The van der Waals surface area contributed by atoms with Gasteiger partial charge in [0.1, 0.15) is 11.8 Å². The number of hydrogen-bond acceptors (Lipinski definition) is 1. The van der Waals surface area contributed by atoms with Gasteiger partial charge in [0.25, 0.3) is 0 Å². The molecule has 1 aromatic heterocycles. The third kappa shape index (κ3) is 2.08. The minimum absolute atomic E-state index is 0.527. The Morgan fingerprint density at radius 2 is 1.63 bits per heavy atom. The number of benzene rings is 2. The molecule has 0 spiro atoms. The Kier molecular flexibility index (Phi) is 2.94. The smallest absolute Gasteiger partial charge is 0.126 e. The first kappa shape index (κ1) is 12.1. The van der Waals surface area contributed by atoms with Crippen molar-refractivity contribution < 1.29 is 0 Å². The van der Waals surface area contributed by atoms with Crippen LogP contribution in [0.3, 0.4) is 0 Å². The SMILES string of the molecule is N#Cc1[nH]c2ccc(Cl)cc2c1-c1ccc(Cl)cc1. The number of halogens is 2. The standard InChI is InChI=1S/C15H8Cl2N2/c16-10-3-1-9(2-4-10)15-12-7-11(17)5-6-13(12)19-14(15)8-18/h1-7,19H. The van der Waals surface area contributed by atoms with Crippen LogP contribution in [-0.4, -0.2) is 4.98 Å². The molecule has 0 saturated heterocycles. The van der Waals surface area contributed by atoms with E-state index in [0.717, 1.165) is 22.0 Å². The summed E-state index contributed by atoms with van der Waals surface area (Å²) in [5, 5.41) is 11.5. The normalized spacial score (nSPS) is 10.6. The molecule has 19 heavy (non-hydrogen) atoms. The van der Waals surface area contributed by atoms with Crippen LogP contribution < -0.4 is 0 Å². The minimum atomic E-state index is 0.527. The van der Waals surface area contributed by atoms with Gasteiger partial charge in [-0.15, -0.1) is 0 Å². The van der Waals surface area contributed by atoms with Gasteiger partial charge in [0.05, 0.1) is 0 Å². The molecule has 0 aliphatic carbocycles. The molecule has 1 heterocycles. The molecule has 2 aromatic carbocycles. The molecule has 0 unspecified atom stereocenters. The van der Waals surface area contributed by atoms with Crippen LogP contribution in [0.25, 0.3) is 22.0 Å². The summed E-state index contributed by atoms with van der Waals surface area (Å²) in [4.78, 5) is 3.10. The summed E-state index contributed by atoms with van der Waals surface area (Å²) in [6.07, 6.45) is 0. The molecule has 0 aliphatic heterocycles. The zero-order valence-corrected chi connectivity index (χ0v) is 11.3. The van der Waals surface area contributed by atoms with Crippen molar-refractivity contribution in [2.24, 2.45) is 0 Å². The predicted octanol–water partition coefficient (Wildman–Crippen LogP) is 5.01. The molecular weight excluding hydrogens is 279 g/mol. The second-order valence-electron chi connectivity index (χ2n) is 4.18. The molecule has 0 atom stereocenters. The van der Waals surface area contributed by atoms with Crippen LogP contribution in [0, 0.1) is 11.3 Å². The molecule has 3 rings (SSSR count). The number of fused-ring (bicyclic) bond motifs is 1. The summed E-state index contributed by atoms with van der Waals surface area (Å²) >= 11 is 11.9. The van der Waals surface area contributed by atoms with Gasteiger partial charge in [-0.2, -0.15) is 5.26 Å². The topological polar surface area (TPSA) is 39.6 Å². The van der Waals surface area contributed by atoms with E-state index < -0.39 is 0 Å². The van der Waals surface area contributed by atoms with E-state index in [9.17, 15) is 5.26 Å². The lowest BCUT2D eigenvalue weighted by Crippen LogP contribution is -1.80. The highest BCUT2D eigenvalue weighted by atomic mass is 35.5. The highest BCUT2D eigenvalue weighted by Gasteiger charge is 2.13. The maximum Gasteiger partial charge on any atom is 0.126 e. The first-order valence-corrected chi connectivity index (χ1v) is 6.42. The van der Waals surface area contributed by atoms with Gasteiger partial charge in [0.2, 0.25) is 0 Å². The first-order chi connectivity index (χ1) is 9.19. The molecule has 0 radical (unpaired) electrons. The highest BCUT2D eigenvalue weighted by Crippen LogP contribution is 2.34. The second kappa shape index (κ2) is 4.62. The number of nitrogens with zero attached hydrogens (tertiary/aromatic N) is 1. The largest absolute Gasteiger partial charge is 0.346 e. The third-order valence-electron chi connectivity index (χ3n) is 3.01. The summed E-state index contributed by atoms with van der Waals surface area (Å²) in [5.74, 6) is 0. The summed E-state index contributed by atoms with van der Waals surface area (Å²) in [5.41, 5.74) is 3.22. The molecule has 2 nitrogen and oxygen atoms in total. The van der Waals surface area contributed by atoms with Gasteiger partial charge in [0.15, 0.2) is 0 Å². The van der Waals surface area contributed by atoms with Gasteiger partial charge in [-0.3, -0.25) is 0 Å². The van der Waals surface area contributed by atoms with Gasteiger partial charge < -0.3 is 4.98 Å². The Morgan fingerprint density at radius 1 is 0.947 bits per heavy atom. The summed E-state index contributed by atoms with van der Waals surface area (Å²) in [7, 11) is 0. The van der Waals surface area contributed by atoms with Crippen LogP contribution in [0.15, 0.2) is 42.5 Å². The van der Waals surface area contributed by atoms with Gasteiger partial charge in [-0.25, -0.2) is 0 Å². The van der Waals surface area contributed by atoms with E-state index in [0.29, 0.717) is 15.7 Å². The first-order valence-electron chi connectivity index (χ1n) is 5.66. The predicted molar refractivity (Wildman–Crippen MR) is 78.5 cm³/mol. The molecule has 92 valence electrons. The molecule has 0 amide bonds. The maximum absolute atomic E-state index is 9.26. The van der Waals surface area contributed by atoms with Gasteiger partial charge in [-0.05, 0) is 35.9 Å². The van der Waals surface area contributed by atoms with E-state index in [1.807, 2.05) is 24.3 Å². The number of hydrogen-bond donors (Lipinski definition) is 1. The number of aromatic nitrogens is 1. The van der Waals surface area contributed by atoms with Crippen molar-refractivity contribution in [1.29, 1.82) is 5.26 Å². The van der Waals surface area contributed by atoms with Crippen molar-refractivity contribution in [2.45, 2.75) is 0 Å². The van der Waals surface area contributed by atoms with Crippen LogP contribution in [0.2, 0.25) is 10.0 Å².